The number of nitrogens with one attached hydrogen (secondary N) is 2. The molecular formula is C17H20N2O5. The Hall–Kier alpha value is -2.41. The first-order chi connectivity index (χ1) is 11.3. The molecule has 128 valence electrons. The molecule has 0 aromatic heterocycles. The number of hydrogen-bond donors (Lipinski definition) is 3. The lowest BCUT2D eigenvalue weighted by Crippen LogP contribution is -2.59. The number of aliphatic carboxylic acids is 1. The van der Waals surface area contributed by atoms with Crippen molar-refractivity contribution in [1.29, 1.82) is 0 Å². The number of carboxylic acid groups (broad SMARTS) is 1. The predicted molar refractivity (Wildman–Crippen MR) is 84.2 cm³/mol. The van der Waals surface area contributed by atoms with Gasteiger partial charge in [0.05, 0.1) is 18.9 Å². The summed E-state index contributed by atoms with van der Waals surface area (Å²) in [5.74, 6) is -3.57. The maximum Gasteiger partial charge on any atom is 0.325 e. The molecule has 3 N–H and O–H groups in total. The molecule has 2 aliphatic heterocycles. The number of fused-ring (bicyclic) bond motifs is 1. The molecule has 0 spiro atoms. The molecule has 1 aromatic rings. The van der Waals surface area contributed by atoms with Gasteiger partial charge in [0.15, 0.2) is 0 Å². The summed E-state index contributed by atoms with van der Waals surface area (Å²) in [6, 6.07) is 6.52. The van der Waals surface area contributed by atoms with Gasteiger partial charge in [0.25, 0.3) is 0 Å². The van der Waals surface area contributed by atoms with Crippen LogP contribution in [0.5, 0.6) is 5.75 Å². The standard InChI is InChI=1S/C17H20N2O5/c1-8(2)17(16(22)23)12-11(14(20)18-15(12)21)13(19-17)9-5-4-6-10(7-9)24-3/h4-8,11-13,19H,1-3H3,(H,22,23)(H,18,20,21). The lowest BCUT2D eigenvalue weighted by molar-refractivity contribution is -0.151. The molecule has 3 rings (SSSR count). The van der Waals surface area contributed by atoms with Gasteiger partial charge in [0.2, 0.25) is 11.8 Å². The first kappa shape index (κ1) is 16.4. The molecule has 2 fully saturated rings. The van der Waals surface area contributed by atoms with E-state index in [4.69, 9.17) is 4.74 Å². The molecule has 0 saturated carbocycles. The van der Waals surface area contributed by atoms with E-state index in [1.807, 2.05) is 0 Å². The van der Waals surface area contributed by atoms with Crippen LogP contribution < -0.4 is 15.4 Å². The third-order valence-electron chi connectivity index (χ3n) is 5.15. The predicted octanol–water partition coefficient (Wildman–Crippen LogP) is 0.708. The number of carboxylic acids is 1. The number of carbonyl (C=O) groups excluding carboxylic acids is 2. The average Bonchev–Trinajstić information content (AvgIpc) is 3.05. The van der Waals surface area contributed by atoms with Gasteiger partial charge in [0.1, 0.15) is 11.3 Å². The molecule has 2 aliphatic rings. The van der Waals surface area contributed by atoms with Crippen LogP contribution in [0.1, 0.15) is 25.5 Å². The molecule has 2 amide bonds. The first-order valence-corrected chi connectivity index (χ1v) is 7.82. The minimum atomic E-state index is -1.49. The van der Waals surface area contributed by atoms with Crippen molar-refractivity contribution in [3.8, 4) is 5.75 Å². The highest BCUT2D eigenvalue weighted by Gasteiger charge is 2.67. The topological polar surface area (TPSA) is 105 Å². The van der Waals surface area contributed by atoms with E-state index in [1.54, 1.807) is 38.1 Å². The van der Waals surface area contributed by atoms with E-state index in [9.17, 15) is 19.5 Å². The van der Waals surface area contributed by atoms with Crippen LogP contribution in [0, 0.1) is 17.8 Å². The van der Waals surface area contributed by atoms with Gasteiger partial charge in [-0.05, 0) is 23.6 Å². The van der Waals surface area contributed by atoms with Crippen molar-refractivity contribution in [2.75, 3.05) is 7.11 Å². The highest BCUT2D eigenvalue weighted by molar-refractivity contribution is 6.09. The van der Waals surface area contributed by atoms with E-state index in [2.05, 4.69) is 10.6 Å². The first-order valence-electron chi connectivity index (χ1n) is 7.82. The number of hydrogen-bond acceptors (Lipinski definition) is 5. The molecule has 0 aliphatic carbocycles. The molecule has 1 aromatic carbocycles. The molecule has 24 heavy (non-hydrogen) atoms. The third-order valence-corrected chi connectivity index (χ3v) is 5.15. The summed E-state index contributed by atoms with van der Waals surface area (Å²) < 4.78 is 5.21. The number of methoxy groups -OCH3 is 1. The minimum Gasteiger partial charge on any atom is -0.497 e. The fraction of sp³-hybridized carbons (Fsp3) is 0.471. The molecule has 2 heterocycles. The van der Waals surface area contributed by atoms with Crippen LogP contribution in [0.3, 0.4) is 0 Å². The molecule has 4 unspecified atom stereocenters. The number of rotatable bonds is 4. The normalized spacial score (nSPS) is 31.9. The molecule has 2 saturated heterocycles. The van der Waals surface area contributed by atoms with Gasteiger partial charge in [-0.2, -0.15) is 0 Å². The Morgan fingerprint density at radius 2 is 2.00 bits per heavy atom. The van der Waals surface area contributed by atoms with Crippen molar-refractivity contribution in [3.63, 3.8) is 0 Å². The zero-order chi connectivity index (χ0) is 17.6. The summed E-state index contributed by atoms with van der Waals surface area (Å²) in [6.45, 7) is 3.48. The number of ether oxygens (including phenoxy) is 1. The van der Waals surface area contributed by atoms with Crippen LogP contribution >= 0.6 is 0 Å². The summed E-state index contributed by atoms with van der Waals surface area (Å²) >= 11 is 0. The second kappa shape index (κ2) is 5.59. The van der Waals surface area contributed by atoms with Gasteiger partial charge in [-0.3, -0.25) is 25.0 Å². The lowest BCUT2D eigenvalue weighted by Gasteiger charge is -2.33. The highest BCUT2D eigenvalue weighted by Crippen LogP contribution is 2.49. The Labute approximate surface area is 139 Å². The van der Waals surface area contributed by atoms with Crippen molar-refractivity contribution in [1.82, 2.24) is 10.6 Å². The third kappa shape index (κ3) is 2.11. The van der Waals surface area contributed by atoms with Crippen molar-refractivity contribution in [2.45, 2.75) is 25.4 Å². The Kier molecular flexibility index (Phi) is 3.83. The maximum atomic E-state index is 12.3. The monoisotopic (exact) mass is 332 g/mol. The van der Waals surface area contributed by atoms with Gasteiger partial charge in [-0.25, -0.2) is 0 Å². The Bertz CT molecular complexity index is 717. The second-order valence-electron chi connectivity index (χ2n) is 6.58. The SMILES string of the molecule is COc1cccc(C2NC(C(=O)O)(C(C)C)C3C(=O)NC(=O)C23)c1. The van der Waals surface area contributed by atoms with E-state index in [1.165, 1.54) is 7.11 Å². The van der Waals surface area contributed by atoms with Crippen LogP contribution in [0.25, 0.3) is 0 Å². The van der Waals surface area contributed by atoms with Crippen molar-refractivity contribution in [2.24, 2.45) is 17.8 Å². The van der Waals surface area contributed by atoms with E-state index in [0.29, 0.717) is 5.75 Å². The van der Waals surface area contributed by atoms with Gasteiger partial charge in [-0.15, -0.1) is 0 Å². The van der Waals surface area contributed by atoms with Crippen LogP contribution in [0.15, 0.2) is 24.3 Å². The summed E-state index contributed by atoms with van der Waals surface area (Å²) in [7, 11) is 1.53. The molecule has 0 bridgehead atoms. The van der Waals surface area contributed by atoms with Gasteiger partial charge in [0, 0.05) is 6.04 Å². The van der Waals surface area contributed by atoms with Crippen LogP contribution in [-0.2, 0) is 14.4 Å². The van der Waals surface area contributed by atoms with E-state index < -0.39 is 41.2 Å². The highest BCUT2D eigenvalue weighted by atomic mass is 16.5. The zero-order valence-corrected chi connectivity index (χ0v) is 13.7. The zero-order valence-electron chi connectivity index (χ0n) is 13.7. The van der Waals surface area contributed by atoms with Crippen molar-refractivity contribution < 1.29 is 24.2 Å². The molecule has 7 heteroatoms. The van der Waals surface area contributed by atoms with E-state index in [-0.39, 0.29) is 5.92 Å². The molecular weight excluding hydrogens is 312 g/mol. The molecule has 7 nitrogen and oxygen atoms in total. The van der Waals surface area contributed by atoms with Crippen LogP contribution in [-0.4, -0.2) is 35.5 Å². The number of amides is 2. The number of imide groups is 1. The maximum absolute atomic E-state index is 12.3. The Morgan fingerprint density at radius 3 is 2.58 bits per heavy atom. The largest absolute Gasteiger partial charge is 0.497 e. The lowest BCUT2D eigenvalue weighted by atomic mass is 9.73. The minimum absolute atomic E-state index is 0.380. The van der Waals surface area contributed by atoms with Crippen molar-refractivity contribution in [3.05, 3.63) is 29.8 Å². The number of carbonyl (C=O) groups is 3. The molecule has 4 atom stereocenters. The van der Waals surface area contributed by atoms with Crippen LogP contribution in [0.2, 0.25) is 0 Å². The Morgan fingerprint density at radius 1 is 1.29 bits per heavy atom. The Balaban J connectivity index is 2.13. The summed E-state index contributed by atoms with van der Waals surface area (Å²) in [5, 5.41) is 15.3. The summed E-state index contributed by atoms with van der Waals surface area (Å²) in [4.78, 5) is 36.8. The van der Waals surface area contributed by atoms with Gasteiger partial charge < -0.3 is 9.84 Å². The second-order valence-corrected chi connectivity index (χ2v) is 6.58. The summed E-state index contributed by atoms with van der Waals surface area (Å²) in [5.41, 5.74) is -0.771. The van der Waals surface area contributed by atoms with E-state index in [0.717, 1.165) is 5.56 Å². The van der Waals surface area contributed by atoms with Crippen LogP contribution in [0.4, 0.5) is 0 Å². The van der Waals surface area contributed by atoms with Gasteiger partial charge in [-0.1, -0.05) is 26.0 Å². The fourth-order valence-corrected chi connectivity index (χ4v) is 3.96. The number of benzene rings is 1. The van der Waals surface area contributed by atoms with E-state index >= 15 is 0 Å². The smallest absolute Gasteiger partial charge is 0.325 e. The quantitative estimate of drug-likeness (QED) is 0.701. The van der Waals surface area contributed by atoms with Crippen molar-refractivity contribution >= 4 is 17.8 Å². The average molecular weight is 332 g/mol. The molecule has 0 radical (unpaired) electrons. The van der Waals surface area contributed by atoms with Gasteiger partial charge >= 0.3 is 5.97 Å². The summed E-state index contributed by atoms with van der Waals surface area (Å²) in [6.07, 6.45) is 0. The fourth-order valence-electron chi connectivity index (χ4n) is 3.96.